The molecule has 2 amide bonds. The zero-order valence-electron chi connectivity index (χ0n) is 8.32. The van der Waals surface area contributed by atoms with Gasteiger partial charge in [0, 0.05) is 12.8 Å². The van der Waals surface area contributed by atoms with Crippen LogP contribution in [0, 0.1) is 0 Å². The fourth-order valence-electron chi connectivity index (χ4n) is 1.44. The first-order valence-electron chi connectivity index (χ1n) is 4.94. The Hall–Kier alpha value is -1.56. The second-order valence-electron chi connectivity index (χ2n) is 3.46. The number of hydrogen-bond donors (Lipinski definition) is 3. The third-order valence-corrected chi connectivity index (χ3v) is 2.26. The Kier molecular flexibility index (Phi) is 3.18. The molecule has 0 aliphatic carbocycles. The maximum absolute atomic E-state index is 11.4. The lowest BCUT2D eigenvalue weighted by molar-refractivity contribution is 0.188. The Morgan fingerprint density at radius 3 is 3.33 bits per heavy atom. The first kappa shape index (κ1) is 9.97. The van der Waals surface area contributed by atoms with Crippen molar-refractivity contribution in [1.82, 2.24) is 20.6 Å². The summed E-state index contributed by atoms with van der Waals surface area (Å²) in [5, 5.41) is 5.57. The number of carbonyl (C=O) groups excluding carboxylic acids is 1. The van der Waals surface area contributed by atoms with Gasteiger partial charge in [-0.1, -0.05) is 0 Å². The summed E-state index contributed by atoms with van der Waals surface area (Å²) < 4.78 is 5.15. The Labute approximate surface area is 87.4 Å². The van der Waals surface area contributed by atoms with E-state index < -0.39 is 0 Å². The molecule has 1 unspecified atom stereocenters. The molecule has 3 N–H and O–H groups in total. The molecule has 1 aromatic rings. The van der Waals surface area contributed by atoms with Crippen LogP contribution in [0.4, 0.5) is 4.79 Å². The van der Waals surface area contributed by atoms with E-state index in [1.807, 2.05) is 0 Å². The molecule has 1 atom stereocenters. The van der Waals surface area contributed by atoms with E-state index in [2.05, 4.69) is 20.6 Å². The molecule has 1 fully saturated rings. The van der Waals surface area contributed by atoms with E-state index in [9.17, 15) is 4.79 Å². The number of urea groups is 1. The highest BCUT2D eigenvalue weighted by Crippen LogP contribution is 2.02. The number of nitrogens with zero attached hydrogens (tertiary/aromatic N) is 1. The highest BCUT2D eigenvalue weighted by atomic mass is 16.5. The maximum atomic E-state index is 11.4. The van der Waals surface area contributed by atoms with Crippen LogP contribution in [-0.4, -0.2) is 35.3 Å². The van der Waals surface area contributed by atoms with Crippen molar-refractivity contribution in [2.24, 2.45) is 0 Å². The molecule has 0 saturated carbocycles. The first-order chi connectivity index (χ1) is 7.34. The summed E-state index contributed by atoms with van der Waals surface area (Å²) in [6.07, 6.45) is 4.15. The molecule has 2 heterocycles. The highest BCUT2D eigenvalue weighted by Gasteiger charge is 2.17. The average Bonchev–Trinajstić information content (AvgIpc) is 2.86. The molecule has 0 radical (unpaired) electrons. The number of aromatic nitrogens is 2. The molecule has 1 saturated heterocycles. The Balaban J connectivity index is 1.68. The number of ether oxygens (including phenoxy) is 1. The van der Waals surface area contributed by atoms with Gasteiger partial charge in [-0.05, 0) is 6.42 Å². The minimum Gasteiger partial charge on any atom is -0.379 e. The summed E-state index contributed by atoms with van der Waals surface area (Å²) in [7, 11) is 0. The van der Waals surface area contributed by atoms with E-state index >= 15 is 0 Å². The van der Waals surface area contributed by atoms with Crippen LogP contribution in [0.5, 0.6) is 0 Å². The summed E-state index contributed by atoms with van der Waals surface area (Å²) in [5.41, 5.74) is 0.882. The molecule has 15 heavy (non-hydrogen) atoms. The van der Waals surface area contributed by atoms with Gasteiger partial charge in [-0.25, -0.2) is 9.78 Å². The van der Waals surface area contributed by atoms with Gasteiger partial charge in [0.2, 0.25) is 0 Å². The molecule has 6 nitrogen and oxygen atoms in total. The molecule has 0 aromatic carbocycles. The average molecular weight is 210 g/mol. The quantitative estimate of drug-likeness (QED) is 0.657. The van der Waals surface area contributed by atoms with Crippen molar-refractivity contribution >= 4 is 6.03 Å². The van der Waals surface area contributed by atoms with Gasteiger partial charge in [0.05, 0.1) is 31.2 Å². The standard InChI is InChI=1S/C9H14N4O2/c14-9(13-7-1-2-15-5-7)11-4-8-3-10-6-12-8/h3,6-7H,1-2,4-5H2,(H,10,12)(H2,11,13,14). The highest BCUT2D eigenvalue weighted by molar-refractivity contribution is 5.74. The fraction of sp³-hybridized carbons (Fsp3) is 0.556. The van der Waals surface area contributed by atoms with Crippen molar-refractivity contribution in [3.63, 3.8) is 0 Å². The van der Waals surface area contributed by atoms with Crippen molar-refractivity contribution in [2.75, 3.05) is 13.2 Å². The van der Waals surface area contributed by atoms with Crippen LogP contribution in [0.3, 0.4) is 0 Å². The third-order valence-electron chi connectivity index (χ3n) is 2.26. The molecule has 0 bridgehead atoms. The Morgan fingerprint density at radius 2 is 2.67 bits per heavy atom. The van der Waals surface area contributed by atoms with Gasteiger partial charge in [-0.2, -0.15) is 0 Å². The van der Waals surface area contributed by atoms with Gasteiger partial charge >= 0.3 is 6.03 Å². The van der Waals surface area contributed by atoms with Crippen LogP contribution < -0.4 is 10.6 Å². The summed E-state index contributed by atoms with van der Waals surface area (Å²) in [6, 6.07) is -0.0214. The van der Waals surface area contributed by atoms with E-state index in [0.717, 1.165) is 18.7 Å². The van der Waals surface area contributed by atoms with Crippen molar-refractivity contribution in [3.8, 4) is 0 Å². The van der Waals surface area contributed by atoms with Gasteiger partial charge in [0.25, 0.3) is 0 Å². The molecule has 82 valence electrons. The van der Waals surface area contributed by atoms with Crippen LogP contribution in [0.1, 0.15) is 12.1 Å². The maximum Gasteiger partial charge on any atom is 0.315 e. The van der Waals surface area contributed by atoms with Crippen LogP contribution >= 0.6 is 0 Å². The number of amides is 2. The van der Waals surface area contributed by atoms with Crippen LogP contribution in [0.25, 0.3) is 0 Å². The summed E-state index contributed by atoms with van der Waals surface area (Å²) in [5.74, 6) is 0. The molecule has 2 rings (SSSR count). The van der Waals surface area contributed by atoms with Crippen molar-refractivity contribution in [3.05, 3.63) is 18.2 Å². The zero-order valence-corrected chi connectivity index (χ0v) is 8.32. The second kappa shape index (κ2) is 4.79. The fourth-order valence-corrected chi connectivity index (χ4v) is 1.44. The zero-order chi connectivity index (χ0) is 10.5. The van der Waals surface area contributed by atoms with Crippen molar-refractivity contribution in [2.45, 2.75) is 19.0 Å². The summed E-state index contributed by atoms with van der Waals surface area (Å²) >= 11 is 0. The third kappa shape index (κ3) is 2.95. The number of carbonyl (C=O) groups is 1. The Morgan fingerprint density at radius 1 is 1.73 bits per heavy atom. The minimum atomic E-state index is -0.167. The number of hydrogen-bond acceptors (Lipinski definition) is 3. The normalized spacial score (nSPS) is 20.1. The number of H-pyrrole nitrogens is 1. The number of aromatic amines is 1. The van der Waals surface area contributed by atoms with Crippen molar-refractivity contribution < 1.29 is 9.53 Å². The molecular weight excluding hydrogens is 196 g/mol. The number of rotatable bonds is 3. The van der Waals surface area contributed by atoms with Gasteiger partial charge in [0.15, 0.2) is 0 Å². The van der Waals surface area contributed by atoms with E-state index in [0.29, 0.717) is 13.2 Å². The van der Waals surface area contributed by atoms with Gasteiger partial charge in [-0.3, -0.25) is 0 Å². The van der Waals surface area contributed by atoms with Gasteiger partial charge in [-0.15, -0.1) is 0 Å². The van der Waals surface area contributed by atoms with Gasteiger partial charge in [0.1, 0.15) is 0 Å². The molecule has 1 aliphatic heterocycles. The van der Waals surface area contributed by atoms with E-state index in [1.165, 1.54) is 0 Å². The lowest BCUT2D eigenvalue weighted by atomic mass is 10.3. The molecule has 6 heteroatoms. The smallest absolute Gasteiger partial charge is 0.315 e. The Bertz CT molecular complexity index is 306. The van der Waals surface area contributed by atoms with Crippen molar-refractivity contribution in [1.29, 1.82) is 0 Å². The van der Waals surface area contributed by atoms with E-state index in [4.69, 9.17) is 4.74 Å². The summed E-state index contributed by atoms with van der Waals surface area (Å²) in [6.45, 7) is 1.79. The predicted molar refractivity (Wildman–Crippen MR) is 53.2 cm³/mol. The molecular formula is C9H14N4O2. The van der Waals surface area contributed by atoms with Crippen LogP contribution in [-0.2, 0) is 11.3 Å². The van der Waals surface area contributed by atoms with Crippen LogP contribution in [0.15, 0.2) is 12.5 Å². The lowest BCUT2D eigenvalue weighted by Gasteiger charge is -2.11. The summed E-state index contributed by atoms with van der Waals surface area (Å²) in [4.78, 5) is 18.1. The number of imidazole rings is 1. The molecule has 1 aliphatic rings. The predicted octanol–water partition coefficient (Wildman–Crippen LogP) is -0.00220. The lowest BCUT2D eigenvalue weighted by Crippen LogP contribution is -2.42. The molecule has 0 spiro atoms. The van der Waals surface area contributed by atoms with E-state index in [-0.39, 0.29) is 12.1 Å². The SMILES string of the molecule is O=C(NCc1cnc[nH]1)NC1CCOC1. The monoisotopic (exact) mass is 210 g/mol. The van der Waals surface area contributed by atoms with E-state index in [1.54, 1.807) is 12.5 Å². The van der Waals surface area contributed by atoms with Crippen LogP contribution in [0.2, 0.25) is 0 Å². The number of nitrogens with one attached hydrogen (secondary N) is 3. The second-order valence-corrected chi connectivity index (χ2v) is 3.46. The van der Waals surface area contributed by atoms with Gasteiger partial charge < -0.3 is 20.4 Å². The first-order valence-corrected chi connectivity index (χ1v) is 4.94. The largest absolute Gasteiger partial charge is 0.379 e. The molecule has 1 aromatic heterocycles. The minimum absolute atomic E-state index is 0.145. The topological polar surface area (TPSA) is 79.0 Å².